The molecule has 1 saturated heterocycles. The van der Waals surface area contributed by atoms with Gasteiger partial charge < -0.3 is 10.2 Å². The molecule has 2 aliphatic rings. The summed E-state index contributed by atoms with van der Waals surface area (Å²) < 4.78 is 13.7. The van der Waals surface area contributed by atoms with E-state index in [9.17, 15) is 19.2 Å². The molecular formula is C22H29FN4O2. The maximum atomic E-state index is 13.7. The Hall–Kier alpha value is -2.46. The van der Waals surface area contributed by atoms with E-state index < -0.39 is 5.54 Å². The third-order valence-corrected chi connectivity index (χ3v) is 6.00. The van der Waals surface area contributed by atoms with Gasteiger partial charge in [0.05, 0.1) is 12.6 Å². The lowest BCUT2D eigenvalue weighted by Crippen LogP contribution is -2.54. The highest BCUT2D eigenvalue weighted by Gasteiger charge is 2.33. The Balaban J connectivity index is 1.50. The number of carbonyl (C=O) groups excluding carboxylic acids is 2. The summed E-state index contributed by atoms with van der Waals surface area (Å²) in [6.07, 6.45) is 5.58. The summed E-state index contributed by atoms with van der Waals surface area (Å²) >= 11 is 0. The highest BCUT2D eigenvalue weighted by molar-refractivity contribution is 5.94. The minimum Gasteiger partial charge on any atom is -0.337 e. The molecule has 1 saturated carbocycles. The van der Waals surface area contributed by atoms with Gasteiger partial charge in [0.2, 0.25) is 5.91 Å². The summed E-state index contributed by atoms with van der Waals surface area (Å²) in [5.74, 6) is -0.695. The van der Waals surface area contributed by atoms with Crippen LogP contribution in [0.4, 0.5) is 4.39 Å². The predicted octanol–water partition coefficient (Wildman–Crippen LogP) is 2.62. The number of nitrogens with one attached hydrogen (secondary N) is 1. The van der Waals surface area contributed by atoms with Crippen molar-refractivity contribution in [2.45, 2.75) is 51.0 Å². The molecule has 1 N–H and O–H groups in total. The highest BCUT2D eigenvalue weighted by Crippen LogP contribution is 2.26. The maximum Gasteiger partial charge on any atom is 0.254 e. The zero-order valence-electron chi connectivity index (χ0n) is 17.0. The first-order valence-electron chi connectivity index (χ1n) is 10.4. The molecule has 1 aromatic carbocycles. The first-order valence-corrected chi connectivity index (χ1v) is 10.4. The van der Waals surface area contributed by atoms with Crippen molar-refractivity contribution in [3.8, 4) is 6.07 Å². The molecule has 156 valence electrons. The van der Waals surface area contributed by atoms with Gasteiger partial charge in [0.15, 0.2) is 0 Å². The molecule has 0 aromatic heterocycles. The summed E-state index contributed by atoms with van der Waals surface area (Å²) in [4.78, 5) is 28.8. The number of aryl methyl sites for hydroxylation is 1. The highest BCUT2D eigenvalue weighted by atomic mass is 19.1. The molecule has 0 spiro atoms. The number of piperazine rings is 1. The normalized spacial score (nSPS) is 19.8. The smallest absolute Gasteiger partial charge is 0.254 e. The number of nitrogens with zero attached hydrogens (tertiary/aromatic N) is 3. The van der Waals surface area contributed by atoms with Gasteiger partial charge in [-0.2, -0.15) is 5.26 Å². The average molecular weight is 400 g/mol. The molecule has 3 rings (SSSR count). The van der Waals surface area contributed by atoms with Crippen molar-refractivity contribution in [2.75, 3.05) is 32.7 Å². The van der Waals surface area contributed by atoms with Crippen LogP contribution in [0.15, 0.2) is 18.2 Å². The molecule has 2 amide bonds. The van der Waals surface area contributed by atoms with E-state index >= 15 is 0 Å². The minimum absolute atomic E-state index is 0.131. The van der Waals surface area contributed by atoms with E-state index in [1.54, 1.807) is 24.0 Å². The second-order valence-electron chi connectivity index (χ2n) is 8.19. The monoisotopic (exact) mass is 400 g/mol. The van der Waals surface area contributed by atoms with E-state index in [4.69, 9.17) is 0 Å². The van der Waals surface area contributed by atoms with Gasteiger partial charge in [0, 0.05) is 31.7 Å². The van der Waals surface area contributed by atoms with Crippen LogP contribution in [0.5, 0.6) is 0 Å². The fraction of sp³-hybridized carbons (Fsp3) is 0.591. The van der Waals surface area contributed by atoms with Crippen molar-refractivity contribution in [1.29, 1.82) is 5.26 Å². The standard InChI is InChI=1S/C22H29FN4O2/c1-17-6-7-18(14-19(17)23)21(29)27-12-10-26(11-13-27)15-20(28)25-22(16-24)8-4-2-3-5-9-22/h6-7,14H,2-5,8-13,15H2,1H3,(H,25,28). The van der Waals surface area contributed by atoms with Crippen molar-refractivity contribution >= 4 is 11.8 Å². The molecule has 6 nitrogen and oxygen atoms in total. The summed E-state index contributed by atoms with van der Waals surface area (Å²) in [5, 5.41) is 12.6. The Morgan fingerprint density at radius 1 is 1.14 bits per heavy atom. The van der Waals surface area contributed by atoms with Crippen molar-refractivity contribution < 1.29 is 14.0 Å². The number of benzene rings is 1. The summed E-state index contributed by atoms with van der Waals surface area (Å²) in [5.41, 5.74) is 0.130. The number of hydrogen-bond donors (Lipinski definition) is 1. The van der Waals surface area contributed by atoms with Gasteiger partial charge in [-0.15, -0.1) is 0 Å². The van der Waals surface area contributed by atoms with E-state index in [1.165, 1.54) is 6.07 Å². The Kier molecular flexibility index (Phi) is 6.86. The zero-order valence-corrected chi connectivity index (χ0v) is 17.0. The number of nitriles is 1. The van der Waals surface area contributed by atoms with Crippen LogP contribution in [0, 0.1) is 24.1 Å². The molecule has 0 atom stereocenters. The number of hydrogen-bond acceptors (Lipinski definition) is 4. The van der Waals surface area contributed by atoms with Crippen LogP contribution in [-0.2, 0) is 4.79 Å². The minimum atomic E-state index is -0.735. The van der Waals surface area contributed by atoms with Crippen molar-refractivity contribution in [3.63, 3.8) is 0 Å². The molecule has 0 unspecified atom stereocenters. The maximum absolute atomic E-state index is 13.7. The molecule has 0 bridgehead atoms. The summed E-state index contributed by atoms with van der Waals surface area (Å²) in [7, 11) is 0. The molecule has 1 heterocycles. The van der Waals surface area contributed by atoms with Crippen LogP contribution in [-0.4, -0.2) is 59.9 Å². The number of amides is 2. The van der Waals surface area contributed by atoms with Gasteiger partial charge in [0.25, 0.3) is 5.91 Å². The van der Waals surface area contributed by atoms with Gasteiger partial charge in [-0.05, 0) is 37.5 Å². The first kappa shape index (κ1) is 21.3. The van der Waals surface area contributed by atoms with Crippen LogP contribution in [0.1, 0.15) is 54.4 Å². The Morgan fingerprint density at radius 2 is 1.79 bits per heavy atom. The van der Waals surface area contributed by atoms with Crippen molar-refractivity contribution in [3.05, 3.63) is 35.1 Å². The van der Waals surface area contributed by atoms with Crippen LogP contribution in [0.25, 0.3) is 0 Å². The topological polar surface area (TPSA) is 76.4 Å². The zero-order chi connectivity index (χ0) is 20.9. The van der Waals surface area contributed by atoms with Gasteiger partial charge in [0.1, 0.15) is 11.4 Å². The van der Waals surface area contributed by atoms with Crippen LogP contribution in [0.2, 0.25) is 0 Å². The largest absolute Gasteiger partial charge is 0.337 e. The summed E-state index contributed by atoms with van der Waals surface area (Å²) in [6, 6.07) is 6.88. The number of halogens is 1. The molecule has 2 fully saturated rings. The van der Waals surface area contributed by atoms with E-state index in [0.29, 0.717) is 50.1 Å². The van der Waals surface area contributed by atoms with E-state index in [1.807, 2.05) is 4.90 Å². The average Bonchev–Trinajstić information content (AvgIpc) is 2.96. The Bertz CT molecular complexity index is 788. The molecule has 7 heteroatoms. The Morgan fingerprint density at radius 3 is 2.38 bits per heavy atom. The van der Waals surface area contributed by atoms with Crippen molar-refractivity contribution in [2.24, 2.45) is 0 Å². The van der Waals surface area contributed by atoms with Gasteiger partial charge in [-0.25, -0.2) is 4.39 Å². The van der Waals surface area contributed by atoms with Gasteiger partial charge >= 0.3 is 0 Å². The molecular weight excluding hydrogens is 371 g/mol. The predicted molar refractivity (Wildman–Crippen MR) is 108 cm³/mol. The lowest BCUT2D eigenvalue weighted by Gasteiger charge is -2.35. The SMILES string of the molecule is Cc1ccc(C(=O)N2CCN(CC(=O)NC3(C#N)CCCCCC3)CC2)cc1F. The van der Waals surface area contributed by atoms with E-state index in [2.05, 4.69) is 11.4 Å². The van der Waals surface area contributed by atoms with E-state index in [0.717, 1.165) is 25.7 Å². The second-order valence-corrected chi connectivity index (χ2v) is 8.19. The first-order chi connectivity index (χ1) is 13.9. The van der Waals surface area contributed by atoms with Gasteiger partial charge in [-0.3, -0.25) is 14.5 Å². The van der Waals surface area contributed by atoms with E-state index in [-0.39, 0.29) is 24.2 Å². The Labute approximate surface area is 171 Å². The third kappa shape index (κ3) is 5.33. The molecule has 1 aromatic rings. The van der Waals surface area contributed by atoms with Crippen LogP contribution in [0.3, 0.4) is 0 Å². The lowest BCUT2D eigenvalue weighted by atomic mass is 9.92. The second kappa shape index (κ2) is 9.36. The summed E-state index contributed by atoms with van der Waals surface area (Å²) in [6.45, 7) is 4.03. The number of rotatable bonds is 4. The molecule has 0 radical (unpaired) electrons. The third-order valence-electron chi connectivity index (χ3n) is 6.00. The number of carbonyl (C=O) groups is 2. The molecule has 1 aliphatic heterocycles. The molecule has 29 heavy (non-hydrogen) atoms. The lowest BCUT2D eigenvalue weighted by molar-refractivity contribution is -0.124. The molecule has 1 aliphatic carbocycles. The fourth-order valence-electron chi connectivity index (χ4n) is 4.12. The fourth-order valence-corrected chi connectivity index (χ4v) is 4.12. The quantitative estimate of drug-likeness (QED) is 0.789. The van der Waals surface area contributed by atoms with Crippen molar-refractivity contribution in [1.82, 2.24) is 15.1 Å². The van der Waals surface area contributed by atoms with Crippen LogP contribution >= 0.6 is 0 Å². The van der Waals surface area contributed by atoms with Crippen LogP contribution < -0.4 is 5.32 Å². The van der Waals surface area contributed by atoms with Gasteiger partial charge in [-0.1, -0.05) is 31.7 Å².